The quantitative estimate of drug-likeness (QED) is 0.830. The fourth-order valence-electron chi connectivity index (χ4n) is 2.42. The summed E-state index contributed by atoms with van der Waals surface area (Å²) < 4.78 is 26.4. The van der Waals surface area contributed by atoms with Crippen LogP contribution in [0.5, 0.6) is 0 Å². The van der Waals surface area contributed by atoms with E-state index in [2.05, 4.69) is 5.32 Å². The predicted octanol–water partition coefficient (Wildman–Crippen LogP) is 2.75. The van der Waals surface area contributed by atoms with E-state index in [4.69, 9.17) is 0 Å². The lowest BCUT2D eigenvalue weighted by atomic mass is 9.70. The van der Waals surface area contributed by atoms with Gasteiger partial charge in [-0.1, -0.05) is 0 Å². The molecule has 1 fully saturated rings. The molecule has 2 rings (SSSR count). The van der Waals surface area contributed by atoms with Crippen LogP contribution in [0.3, 0.4) is 0 Å². The highest BCUT2D eigenvalue weighted by Gasteiger charge is 2.30. The van der Waals surface area contributed by atoms with Crippen LogP contribution in [0.15, 0.2) is 18.2 Å². The third-order valence-electron chi connectivity index (χ3n) is 3.53. The maximum atomic E-state index is 13.4. The Morgan fingerprint density at radius 3 is 2.62 bits per heavy atom. The van der Waals surface area contributed by atoms with Crippen molar-refractivity contribution in [2.75, 3.05) is 13.6 Å². The van der Waals surface area contributed by atoms with Gasteiger partial charge in [0.05, 0.1) is 0 Å². The Kier molecular flexibility index (Phi) is 3.54. The summed E-state index contributed by atoms with van der Waals surface area (Å²) in [7, 11) is 1.93. The second-order valence-corrected chi connectivity index (χ2v) is 4.60. The average Bonchev–Trinajstić information content (AvgIpc) is 2.25. The van der Waals surface area contributed by atoms with E-state index in [1.807, 2.05) is 7.05 Å². The van der Waals surface area contributed by atoms with Gasteiger partial charge in [-0.05, 0) is 68.5 Å². The van der Waals surface area contributed by atoms with Crippen molar-refractivity contribution in [3.63, 3.8) is 0 Å². The lowest BCUT2D eigenvalue weighted by Crippen LogP contribution is -2.35. The van der Waals surface area contributed by atoms with Crippen LogP contribution in [0.2, 0.25) is 0 Å². The molecule has 2 unspecified atom stereocenters. The number of halogens is 2. The summed E-state index contributed by atoms with van der Waals surface area (Å²) in [6, 6.07) is 3.71. The molecule has 16 heavy (non-hydrogen) atoms. The largest absolute Gasteiger partial charge is 0.319 e. The lowest BCUT2D eigenvalue weighted by molar-refractivity contribution is 0.172. The zero-order chi connectivity index (χ0) is 11.5. The molecule has 0 bridgehead atoms. The van der Waals surface area contributed by atoms with E-state index in [0.717, 1.165) is 13.0 Å². The second kappa shape index (κ2) is 4.91. The Balaban J connectivity index is 2.01. The van der Waals surface area contributed by atoms with Crippen LogP contribution in [0, 0.1) is 23.5 Å². The van der Waals surface area contributed by atoms with Gasteiger partial charge in [-0.15, -0.1) is 0 Å². The molecule has 0 aromatic heterocycles. The number of rotatable bonds is 4. The molecule has 3 heteroatoms. The zero-order valence-corrected chi connectivity index (χ0v) is 9.47. The molecule has 0 aliphatic heterocycles. The third kappa shape index (κ3) is 2.40. The van der Waals surface area contributed by atoms with Gasteiger partial charge in [0.2, 0.25) is 0 Å². The SMILES string of the molecule is CNCC1CCC1Cc1cc(F)ccc1F. The smallest absolute Gasteiger partial charge is 0.126 e. The van der Waals surface area contributed by atoms with E-state index < -0.39 is 0 Å². The molecule has 2 atom stereocenters. The highest BCUT2D eigenvalue weighted by molar-refractivity contribution is 5.19. The standard InChI is InChI=1S/C13H17F2N/c1-16-8-10-3-2-9(10)6-11-7-12(14)4-5-13(11)15/h4-5,7,9-10,16H,2-3,6,8H2,1H3. The minimum atomic E-state index is -0.346. The first-order valence-corrected chi connectivity index (χ1v) is 5.79. The Hall–Kier alpha value is -0.960. The number of hydrogen-bond donors (Lipinski definition) is 1. The van der Waals surface area contributed by atoms with Crippen LogP contribution < -0.4 is 5.32 Å². The van der Waals surface area contributed by atoms with Gasteiger partial charge in [0, 0.05) is 0 Å². The third-order valence-corrected chi connectivity index (χ3v) is 3.53. The van der Waals surface area contributed by atoms with E-state index in [0.29, 0.717) is 23.8 Å². The van der Waals surface area contributed by atoms with Gasteiger partial charge in [0.15, 0.2) is 0 Å². The van der Waals surface area contributed by atoms with Gasteiger partial charge in [0.1, 0.15) is 11.6 Å². The first kappa shape index (κ1) is 11.5. The summed E-state index contributed by atoms with van der Waals surface area (Å²) in [5.41, 5.74) is 0.519. The van der Waals surface area contributed by atoms with Crippen LogP contribution >= 0.6 is 0 Å². The van der Waals surface area contributed by atoms with Gasteiger partial charge in [-0.3, -0.25) is 0 Å². The minimum Gasteiger partial charge on any atom is -0.319 e. The molecule has 0 amide bonds. The van der Waals surface area contributed by atoms with Gasteiger partial charge in [-0.25, -0.2) is 8.78 Å². The minimum absolute atomic E-state index is 0.281. The number of hydrogen-bond acceptors (Lipinski definition) is 1. The maximum absolute atomic E-state index is 13.4. The van der Waals surface area contributed by atoms with Gasteiger partial charge in [0.25, 0.3) is 0 Å². The van der Waals surface area contributed by atoms with Crippen LogP contribution in [0.1, 0.15) is 18.4 Å². The van der Waals surface area contributed by atoms with Crippen LogP contribution in [-0.2, 0) is 6.42 Å². The van der Waals surface area contributed by atoms with Crippen molar-refractivity contribution in [2.24, 2.45) is 11.8 Å². The number of benzene rings is 1. The van der Waals surface area contributed by atoms with Crippen molar-refractivity contribution in [2.45, 2.75) is 19.3 Å². The van der Waals surface area contributed by atoms with Gasteiger partial charge in [-0.2, -0.15) is 0 Å². The van der Waals surface area contributed by atoms with E-state index >= 15 is 0 Å². The molecule has 1 N–H and O–H groups in total. The van der Waals surface area contributed by atoms with Crippen molar-refractivity contribution < 1.29 is 8.78 Å². The summed E-state index contributed by atoms with van der Waals surface area (Å²) in [6.45, 7) is 0.974. The van der Waals surface area contributed by atoms with Crippen LogP contribution in [-0.4, -0.2) is 13.6 Å². The number of nitrogens with one attached hydrogen (secondary N) is 1. The molecule has 0 heterocycles. The fourth-order valence-corrected chi connectivity index (χ4v) is 2.42. The topological polar surface area (TPSA) is 12.0 Å². The first-order chi connectivity index (χ1) is 7.70. The summed E-state index contributed by atoms with van der Waals surface area (Å²) in [5.74, 6) is 0.494. The van der Waals surface area contributed by atoms with E-state index in [9.17, 15) is 8.78 Å². The van der Waals surface area contributed by atoms with E-state index in [1.54, 1.807) is 0 Å². The summed E-state index contributed by atoms with van der Waals surface area (Å²) >= 11 is 0. The second-order valence-electron chi connectivity index (χ2n) is 4.60. The van der Waals surface area contributed by atoms with Crippen molar-refractivity contribution in [1.29, 1.82) is 0 Å². The van der Waals surface area contributed by atoms with Crippen molar-refractivity contribution in [3.8, 4) is 0 Å². The van der Waals surface area contributed by atoms with Crippen molar-refractivity contribution in [1.82, 2.24) is 5.32 Å². The maximum Gasteiger partial charge on any atom is 0.126 e. The Bertz CT molecular complexity index is 365. The molecule has 1 aliphatic rings. The molecule has 1 saturated carbocycles. The Morgan fingerprint density at radius 2 is 2.00 bits per heavy atom. The average molecular weight is 225 g/mol. The molecule has 88 valence electrons. The van der Waals surface area contributed by atoms with Crippen LogP contribution in [0.4, 0.5) is 8.78 Å². The molecule has 1 nitrogen and oxygen atoms in total. The Morgan fingerprint density at radius 1 is 1.25 bits per heavy atom. The molecular weight excluding hydrogens is 208 g/mol. The van der Waals surface area contributed by atoms with Crippen molar-refractivity contribution in [3.05, 3.63) is 35.4 Å². The Labute approximate surface area is 94.9 Å². The molecule has 1 aromatic carbocycles. The van der Waals surface area contributed by atoms with E-state index in [1.165, 1.54) is 24.6 Å². The van der Waals surface area contributed by atoms with Crippen LogP contribution in [0.25, 0.3) is 0 Å². The molecule has 0 spiro atoms. The lowest BCUT2D eigenvalue weighted by Gasteiger charge is -2.36. The van der Waals surface area contributed by atoms with Gasteiger partial charge >= 0.3 is 0 Å². The molecule has 0 saturated heterocycles. The zero-order valence-electron chi connectivity index (χ0n) is 9.47. The summed E-state index contributed by atoms with van der Waals surface area (Å²) in [5, 5.41) is 3.14. The van der Waals surface area contributed by atoms with Crippen molar-refractivity contribution >= 4 is 0 Å². The summed E-state index contributed by atoms with van der Waals surface area (Å²) in [4.78, 5) is 0. The molecule has 1 aromatic rings. The molecule has 1 aliphatic carbocycles. The molecule has 0 radical (unpaired) electrons. The highest BCUT2D eigenvalue weighted by Crippen LogP contribution is 2.36. The van der Waals surface area contributed by atoms with E-state index in [-0.39, 0.29) is 11.6 Å². The fraction of sp³-hybridized carbons (Fsp3) is 0.538. The first-order valence-electron chi connectivity index (χ1n) is 5.79. The molecular formula is C13H17F2N. The normalized spacial score (nSPS) is 24.2. The highest BCUT2D eigenvalue weighted by atomic mass is 19.1. The van der Waals surface area contributed by atoms with Gasteiger partial charge < -0.3 is 5.32 Å². The monoisotopic (exact) mass is 225 g/mol. The predicted molar refractivity (Wildman–Crippen MR) is 60.2 cm³/mol. The summed E-state index contributed by atoms with van der Waals surface area (Å²) in [6.07, 6.45) is 2.99.